The summed E-state index contributed by atoms with van der Waals surface area (Å²) in [6, 6.07) is 7.85. The minimum atomic E-state index is 0.0342. The van der Waals surface area contributed by atoms with E-state index < -0.39 is 0 Å². The number of aromatic nitrogens is 2. The SMILES string of the molecule is O=C(c1n[nH]c2c1CNCC2)N1CCN(c2ccc(Cl)cc2)CC1. The molecule has 3 heterocycles. The van der Waals surface area contributed by atoms with Crippen LogP contribution < -0.4 is 10.2 Å². The Morgan fingerprint density at radius 2 is 1.88 bits per heavy atom. The van der Waals surface area contributed by atoms with Gasteiger partial charge in [0.2, 0.25) is 0 Å². The van der Waals surface area contributed by atoms with Crippen LogP contribution >= 0.6 is 11.6 Å². The lowest BCUT2D eigenvalue weighted by atomic mass is 10.1. The van der Waals surface area contributed by atoms with E-state index >= 15 is 0 Å². The molecule has 2 aliphatic rings. The third-order valence-electron chi connectivity index (χ3n) is 4.77. The maximum Gasteiger partial charge on any atom is 0.274 e. The number of fused-ring (bicyclic) bond motifs is 1. The quantitative estimate of drug-likeness (QED) is 0.869. The van der Waals surface area contributed by atoms with Crippen LogP contribution in [0.3, 0.4) is 0 Å². The number of halogens is 1. The van der Waals surface area contributed by atoms with Gasteiger partial charge in [0.15, 0.2) is 5.69 Å². The molecule has 0 atom stereocenters. The van der Waals surface area contributed by atoms with E-state index in [4.69, 9.17) is 11.6 Å². The van der Waals surface area contributed by atoms with Gasteiger partial charge in [-0.15, -0.1) is 0 Å². The van der Waals surface area contributed by atoms with Crippen molar-refractivity contribution >= 4 is 23.2 Å². The van der Waals surface area contributed by atoms with Gasteiger partial charge >= 0.3 is 0 Å². The van der Waals surface area contributed by atoms with Crippen LogP contribution in [0, 0.1) is 0 Å². The first kappa shape index (κ1) is 15.5. The molecule has 2 aromatic rings. The monoisotopic (exact) mass is 345 g/mol. The first-order valence-corrected chi connectivity index (χ1v) is 8.67. The van der Waals surface area contributed by atoms with E-state index in [0.29, 0.717) is 18.8 Å². The number of carbonyl (C=O) groups is 1. The molecule has 24 heavy (non-hydrogen) atoms. The molecule has 0 saturated carbocycles. The second kappa shape index (κ2) is 6.45. The molecule has 7 heteroatoms. The third kappa shape index (κ3) is 2.87. The van der Waals surface area contributed by atoms with E-state index in [0.717, 1.165) is 54.6 Å². The number of benzene rings is 1. The largest absolute Gasteiger partial charge is 0.368 e. The minimum Gasteiger partial charge on any atom is -0.368 e. The molecular formula is C17H20ClN5O. The highest BCUT2D eigenvalue weighted by Crippen LogP contribution is 2.21. The van der Waals surface area contributed by atoms with Gasteiger partial charge in [0.1, 0.15) is 0 Å². The molecule has 0 spiro atoms. The smallest absolute Gasteiger partial charge is 0.274 e. The molecular weight excluding hydrogens is 326 g/mol. The van der Waals surface area contributed by atoms with Crippen molar-refractivity contribution in [3.8, 4) is 0 Å². The van der Waals surface area contributed by atoms with Crippen LogP contribution in [-0.4, -0.2) is 53.7 Å². The molecule has 0 unspecified atom stereocenters. The summed E-state index contributed by atoms with van der Waals surface area (Å²) < 4.78 is 0. The van der Waals surface area contributed by atoms with E-state index in [1.807, 2.05) is 29.2 Å². The lowest BCUT2D eigenvalue weighted by Gasteiger charge is -2.36. The Bertz CT molecular complexity index is 734. The second-order valence-electron chi connectivity index (χ2n) is 6.21. The fraction of sp³-hybridized carbons (Fsp3) is 0.412. The summed E-state index contributed by atoms with van der Waals surface area (Å²) >= 11 is 5.94. The van der Waals surface area contributed by atoms with Gasteiger partial charge in [0.05, 0.1) is 0 Å². The zero-order valence-electron chi connectivity index (χ0n) is 13.4. The number of aromatic amines is 1. The maximum atomic E-state index is 12.8. The normalized spacial score (nSPS) is 17.7. The van der Waals surface area contributed by atoms with Gasteiger partial charge < -0.3 is 15.1 Å². The standard InChI is InChI=1S/C17H20ClN5O/c18-12-1-3-13(4-2-12)22-7-9-23(10-8-22)17(24)16-14-11-19-6-5-15(14)20-21-16/h1-4,19H,5-11H2,(H,20,21). The van der Waals surface area contributed by atoms with Gasteiger partial charge in [-0.05, 0) is 24.3 Å². The zero-order chi connectivity index (χ0) is 16.5. The Balaban J connectivity index is 1.43. The van der Waals surface area contributed by atoms with Crippen molar-refractivity contribution in [2.75, 3.05) is 37.6 Å². The number of H-pyrrole nitrogens is 1. The van der Waals surface area contributed by atoms with E-state index in [1.165, 1.54) is 0 Å². The highest BCUT2D eigenvalue weighted by molar-refractivity contribution is 6.30. The Morgan fingerprint density at radius 1 is 1.12 bits per heavy atom. The van der Waals surface area contributed by atoms with Gasteiger partial charge in [0, 0.05) is 67.7 Å². The Labute approximate surface area is 145 Å². The summed E-state index contributed by atoms with van der Waals surface area (Å²) in [4.78, 5) is 17.0. The molecule has 1 aromatic carbocycles. The first-order valence-electron chi connectivity index (χ1n) is 8.29. The number of anilines is 1. The van der Waals surface area contributed by atoms with Crippen molar-refractivity contribution in [1.29, 1.82) is 0 Å². The predicted octanol–water partition coefficient (Wildman–Crippen LogP) is 1.67. The van der Waals surface area contributed by atoms with Crippen molar-refractivity contribution in [1.82, 2.24) is 20.4 Å². The summed E-state index contributed by atoms with van der Waals surface area (Å²) in [6.07, 6.45) is 0.903. The van der Waals surface area contributed by atoms with Crippen LogP contribution in [0.25, 0.3) is 0 Å². The number of hydrogen-bond acceptors (Lipinski definition) is 4. The van der Waals surface area contributed by atoms with Crippen molar-refractivity contribution < 1.29 is 4.79 Å². The van der Waals surface area contributed by atoms with Gasteiger partial charge in [-0.2, -0.15) is 5.10 Å². The molecule has 2 aliphatic heterocycles. The van der Waals surface area contributed by atoms with Crippen molar-refractivity contribution in [2.24, 2.45) is 0 Å². The summed E-state index contributed by atoms with van der Waals surface area (Å²) in [5.74, 6) is 0.0342. The zero-order valence-corrected chi connectivity index (χ0v) is 14.1. The average Bonchev–Trinajstić information content (AvgIpc) is 3.06. The van der Waals surface area contributed by atoms with E-state index in [1.54, 1.807) is 0 Å². The third-order valence-corrected chi connectivity index (χ3v) is 5.02. The number of carbonyl (C=O) groups excluding carboxylic acids is 1. The van der Waals surface area contributed by atoms with E-state index in [2.05, 4.69) is 20.4 Å². The maximum absolute atomic E-state index is 12.8. The number of nitrogens with zero attached hydrogens (tertiary/aromatic N) is 3. The van der Waals surface area contributed by atoms with Gasteiger partial charge in [-0.25, -0.2) is 0 Å². The molecule has 1 aromatic heterocycles. The van der Waals surface area contributed by atoms with Crippen LogP contribution in [0.1, 0.15) is 21.7 Å². The van der Waals surface area contributed by atoms with Crippen LogP contribution in [0.5, 0.6) is 0 Å². The molecule has 1 saturated heterocycles. The highest BCUT2D eigenvalue weighted by Gasteiger charge is 2.28. The summed E-state index contributed by atoms with van der Waals surface area (Å²) in [5.41, 5.74) is 3.85. The molecule has 126 valence electrons. The second-order valence-corrected chi connectivity index (χ2v) is 6.65. The number of hydrogen-bond donors (Lipinski definition) is 2. The average molecular weight is 346 g/mol. The lowest BCUT2D eigenvalue weighted by Crippen LogP contribution is -2.49. The number of nitrogens with one attached hydrogen (secondary N) is 2. The minimum absolute atomic E-state index is 0.0342. The number of amides is 1. The Hall–Kier alpha value is -2.05. The van der Waals surface area contributed by atoms with Crippen LogP contribution in [-0.2, 0) is 13.0 Å². The summed E-state index contributed by atoms with van der Waals surface area (Å²) in [5, 5.41) is 11.3. The van der Waals surface area contributed by atoms with Gasteiger partial charge in [-0.1, -0.05) is 11.6 Å². The van der Waals surface area contributed by atoms with Crippen molar-refractivity contribution in [3.05, 3.63) is 46.2 Å². The number of rotatable bonds is 2. The Kier molecular flexibility index (Phi) is 4.16. The van der Waals surface area contributed by atoms with Crippen LogP contribution in [0.2, 0.25) is 5.02 Å². The topological polar surface area (TPSA) is 64.3 Å². The molecule has 4 rings (SSSR count). The predicted molar refractivity (Wildman–Crippen MR) is 93.6 cm³/mol. The first-order chi connectivity index (χ1) is 11.7. The summed E-state index contributed by atoms with van der Waals surface area (Å²) in [7, 11) is 0. The Morgan fingerprint density at radius 3 is 2.62 bits per heavy atom. The van der Waals surface area contributed by atoms with E-state index in [9.17, 15) is 4.79 Å². The lowest BCUT2D eigenvalue weighted by molar-refractivity contribution is 0.0739. The van der Waals surface area contributed by atoms with Crippen LogP contribution in [0.4, 0.5) is 5.69 Å². The van der Waals surface area contributed by atoms with Crippen molar-refractivity contribution in [3.63, 3.8) is 0 Å². The van der Waals surface area contributed by atoms with Gasteiger partial charge in [-0.3, -0.25) is 9.89 Å². The fourth-order valence-electron chi connectivity index (χ4n) is 3.37. The van der Waals surface area contributed by atoms with Gasteiger partial charge in [0.25, 0.3) is 5.91 Å². The van der Waals surface area contributed by atoms with E-state index in [-0.39, 0.29) is 5.91 Å². The molecule has 2 N–H and O–H groups in total. The number of piperazine rings is 1. The summed E-state index contributed by atoms with van der Waals surface area (Å²) in [6.45, 7) is 4.70. The molecule has 6 nitrogen and oxygen atoms in total. The highest BCUT2D eigenvalue weighted by atomic mass is 35.5. The van der Waals surface area contributed by atoms with Crippen LogP contribution in [0.15, 0.2) is 24.3 Å². The molecule has 0 aliphatic carbocycles. The molecule has 0 radical (unpaired) electrons. The molecule has 1 amide bonds. The molecule has 1 fully saturated rings. The fourth-order valence-corrected chi connectivity index (χ4v) is 3.50. The molecule has 0 bridgehead atoms. The van der Waals surface area contributed by atoms with Crippen molar-refractivity contribution in [2.45, 2.75) is 13.0 Å².